The van der Waals surface area contributed by atoms with Crippen LogP contribution in [0.4, 0.5) is 10.3 Å². The third kappa shape index (κ3) is 2.78. The van der Waals surface area contributed by atoms with Crippen molar-refractivity contribution in [1.82, 2.24) is 25.3 Å². The SMILES string of the molecule is COc1nc(N2CC3CSC(N)NC3(c3cnccn3)C2)nc(C)c1F. The van der Waals surface area contributed by atoms with Crippen molar-refractivity contribution >= 4 is 17.7 Å². The van der Waals surface area contributed by atoms with Gasteiger partial charge in [0.15, 0.2) is 0 Å². The van der Waals surface area contributed by atoms with Gasteiger partial charge in [0.25, 0.3) is 5.88 Å². The number of fused-ring (bicyclic) bond motifs is 1. The molecule has 3 unspecified atom stereocenters. The molecule has 0 saturated carbocycles. The summed E-state index contributed by atoms with van der Waals surface area (Å²) in [7, 11) is 1.40. The predicted octanol–water partition coefficient (Wildman–Crippen LogP) is 0.633. The second-order valence-corrected chi connectivity index (χ2v) is 7.64. The summed E-state index contributed by atoms with van der Waals surface area (Å²) < 4.78 is 19.1. The molecule has 3 N–H and O–H groups in total. The van der Waals surface area contributed by atoms with E-state index < -0.39 is 11.4 Å². The van der Waals surface area contributed by atoms with Crippen LogP contribution in [0.1, 0.15) is 11.4 Å². The van der Waals surface area contributed by atoms with Gasteiger partial charge >= 0.3 is 0 Å². The highest BCUT2D eigenvalue weighted by Gasteiger charge is 2.52. The van der Waals surface area contributed by atoms with Crippen molar-refractivity contribution in [3.05, 3.63) is 35.8 Å². The smallest absolute Gasteiger partial charge is 0.255 e. The Balaban J connectivity index is 1.73. The predicted molar refractivity (Wildman–Crippen MR) is 96.3 cm³/mol. The molecular formula is C16H20FN7OS. The van der Waals surface area contributed by atoms with Gasteiger partial charge in [-0.15, -0.1) is 11.8 Å². The molecule has 0 amide bonds. The molecule has 2 aliphatic rings. The molecule has 2 saturated heterocycles. The molecule has 4 heterocycles. The molecule has 0 aliphatic carbocycles. The summed E-state index contributed by atoms with van der Waals surface area (Å²) in [6, 6.07) is 0. The van der Waals surface area contributed by atoms with Gasteiger partial charge in [0.05, 0.1) is 30.2 Å². The molecule has 2 aromatic heterocycles. The Kier molecular flexibility index (Phi) is 4.41. The molecule has 0 spiro atoms. The average molecular weight is 377 g/mol. The average Bonchev–Trinajstić information content (AvgIpc) is 3.04. The van der Waals surface area contributed by atoms with Crippen molar-refractivity contribution in [2.75, 3.05) is 30.9 Å². The molecular weight excluding hydrogens is 357 g/mol. The van der Waals surface area contributed by atoms with E-state index in [9.17, 15) is 4.39 Å². The summed E-state index contributed by atoms with van der Waals surface area (Å²) in [6.07, 6.45) is 5.10. The van der Waals surface area contributed by atoms with Gasteiger partial charge in [-0.1, -0.05) is 0 Å². The standard InChI is InChI=1S/C16H20FN7OS/c1-9-12(17)13(25-2)22-15(21-9)24-6-10-7-26-14(18)23-16(10,8-24)11-5-19-3-4-20-11/h3-5,10,14,23H,6-8,18H2,1-2H3. The number of rotatable bonds is 3. The number of methoxy groups -OCH3 is 1. The maximum atomic E-state index is 14.0. The van der Waals surface area contributed by atoms with E-state index in [0.717, 1.165) is 11.4 Å². The van der Waals surface area contributed by atoms with E-state index in [4.69, 9.17) is 10.5 Å². The van der Waals surface area contributed by atoms with Crippen LogP contribution in [0.2, 0.25) is 0 Å². The molecule has 2 aliphatic heterocycles. The molecule has 0 radical (unpaired) electrons. The maximum Gasteiger partial charge on any atom is 0.255 e. The van der Waals surface area contributed by atoms with Crippen LogP contribution in [0, 0.1) is 18.7 Å². The normalized spacial score (nSPS) is 28.1. The van der Waals surface area contributed by atoms with Crippen LogP contribution < -0.4 is 20.7 Å². The van der Waals surface area contributed by atoms with E-state index in [2.05, 4.69) is 25.3 Å². The molecule has 26 heavy (non-hydrogen) atoms. The Labute approximate surface area is 154 Å². The number of anilines is 1. The number of halogens is 1. The van der Waals surface area contributed by atoms with Gasteiger partial charge in [-0.25, -0.2) is 4.98 Å². The summed E-state index contributed by atoms with van der Waals surface area (Å²) in [5.41, 5.74) is 6.63. The Morgan fingerprint density at radius 3 is 3.00 bits per heavy atom. The van der Waals surface area contributed by atoms with Gasteiger partial charge in [-0.2, -0.15) is 9.37 Å². The van der Waals surface area contributed by atoms with Crippen molar-refractivity contribution in [3.63, 3.8) is 0 Å². The van der Waals surface area contributed by atoms with Crippen LogP contribution in [-0.4, -0.2) is 51.4 Å². The van der Waals surface area contributed by atoms with E-state index in [1.165, 1.54) is 7.11 Å². The third-order valence-electron chi connectivity index (χ3n) is 4.93. The zero-order valence-electron chi connectivity index (χ0n) is 14.5. The van der Waals surface area contributed by atoms with E-state index in [0.29, 0.717) is 19.0 Å². The summed E-state index contributed by atoms with van der Waals surface area (Å²) in [6.45, 7) is 2.88. The number of ether oxygens (including phenoxy) is 1. The number of nitrogens with one attached hydrogen (secondary N) is 1. The minimum absolute atomic E-state index is 0.0463. The Morgan fingerprint density at radius 1 is 1.42 bits per heavy atom. The first-order valence-electron chi connectivity index (χ1n) is 8.28. The zero-order chi connectivity index (χ0) is 18.3. The van der Waals surface area contributed by atoms with Crippen molar-refractivity contribution in [3.8, 4) is 5.88 Å². The van der Waals surface area contributed by atoms with Gasteiger partial charge in [-0.05, 0) is 6.92 Å². The highest BCUT2D eigenvalue weighted by molar-refractivity contribution is 7.99. The van der Waals surface area contributed by atoms with Crippen LogP contribution in [-0.2, 0) is 5.54 Å². The monoisotopic (exact) mass is 377 g/mol. The van der Waals surface area contributed by atoms with E-state index in [-0.39, 0.29) is 23.0 Å². The molecule has 138 valence electrons. The van der Waals surface area contributed by atoms with Crippen LogP contribution in [0.15, 0.2) is 18.6 Å². The Hall–Kier alpha value is -2.04. The maximum absolute atomic E-state index is 14.0. The fourth-order valence-corrected chi connectivity index (χ4v) is 4.75. The second-order valence-electron chi connectivity index (χ2n) is 6.47. The van der Waals surface area contributed by atoms with E-state index in [1.54, 1.807) is 37.3 Å². The second kappa shape index (κ2) is 6.60. The summed E-state index contributed by atoms with van der Waals surface area (Å²) in [4.78, 5) is 19.3. The van der Waals surface area contributed by atoms with Crippen LogP contribution in [0.3, 0.4) is 0 Å². The van der Waals surface area contributed by atoms with E-state index in [1.807, 2.05) is 4.90 Å². The van der Waals surface area contributed by atoms with Crippen LogP contribution in [0.5, 0.6) is 5.88 Å². The molecule has 3 atom stereocenters. The van der Waals surface area contributed by atoms with Crippen molar-refractivity contribution in [1.29, 1.82) is 0 Å². The van der Waals surface area contributed by atoms with Crippen molar-refractivity contribution in [2.24, 2.45) is 11.7 Å². The number of aryl methyl sites for hydroxylation is 1. The lowest BCUT2D eigenvalue weighted by Gasteiger charge is -2.41. The fourth-order valence-electron chi connectivity index (χ4n) is 3.63. The van der Waals surface area contributed by atoms with E-state index >= 15 is 0 Å². The molecule has 10 heteroatoms. The van der Waals surface area contributed by atoms with Gasteiger partial charge in [-0.3, -0.25) is 15.3 Å². The first-order chi connectivity index (χ1) is 12.5. The molecule has 2 fully saturated rings. The third-order valence-corrected chi connectivity index (χ3v) is 6.00. The molecule has 0 aromatic carbocycles. The van der Waals surface area contributed by atoms with Gasteiger partial charge in [0.1, 0.15) is 5.50 Å². The first-order valence-corrected chi connectivity index (χ1v) is 9.33. The Morgan fingerprint density at radius 2 is 2.27 bits per heavy atom. The lowest BCUT2D eigenvalue weighted by molar-refractivity contribution is 0.266. The number of thioether (sulfide) groups is 1. The minimum atomic E-state index is -0.535. The highest BCUT2D eigenvalue weighted by Crippen LogP contribution is 2.43. The number of nitrogens with two attached hydrogens (primary N) is 1. The van der Waals surface area contributed by atoms with Crippen molar-refractivity contribution < 1.29 is 9.13 Å². The Bertz CT molecular complexity index is 811. The van der Waals surface area contributed by atoms with Gasteiger partial charge in [0.2, 0.25) is 11.8 Å². The summed E-state index contributed by atoms with van der Waals surface area (Å²) >= 11 is 1.66. The number of nitrogens with zero attached hydrogens (tertiary/aromatic N) is 5. The highest BCUT2D eigenvalue weighted by atomic mass is 32.2. The van der Waals surface area contributed by atoms with Gasteiger partial charge < -0.3 is 15.4 Å². The van der Waals surface area contributed by atoms with Gasteiger partial charge in [0, 0.05) is 37.2 Å². The molecule has 8 nitrogen and oxygen atoms in total. The van der Waals surface area contributed by atoms with Crippen LogP contribution >= 0.6 is 11.8 Å². The molecule has 2 aromatic rings. The lowest BCUT2D eigenvalue weighted by atomic mass is 9.85. The topological polar surface area (TPSA) is 102 Å². The molecule has 4 rings (SSSR count). The number of aromatic nitrogens is 4. The van der Waals surface area contributed by atoms with Crippen molar-refractivity contribution in [2.45, 2.75) is 18.0 Å². The zero-order valence-corrected chi connectivity index (χ0v) is 15.3. The number of hydrogen-bond acceptors (Lipinski definition) is 9. The molecule has 0 bridgehead atoms. The first kappa shape index (κ1) is 17.4. The summed E-state index contributed by atoms with van der Waals surface area (Å²) in [5.74, 6) is 0.975. The fraction of sp³-hybridized carbons (Fsp3) is 0.500. The minimum Gasteiger partial charge on any atom is -0.479 e. The largest absolute Gasteiger partial charge is 0.479 e. The van der Waals surface area contributed by atoms with Crippen LogP contribution in [0.25, 0.3) is 0 Å². The summed E-state index contributed by atoms with van der Waals surface area (Å²) in [5, 5.41) is 3.50. The number of hydrogen-bond donors (Lipinski definition) is 2. The quantitative estimate of drug-likeness (QED) is 0.797. The lowest BCUT2D eigenvalue weighted by Crippen LogP contribution is -2.59.